The molecule has 2 aromatic heterocycles. The van der Waals surface area contributed by atoms with Gasteiger partial charge in [0.1, 0.15) is 12.4 Å². The van der Waals surface area contributed by atoms with Crippen LogP contribution in [0, 0.1) is 6.92 Å². The summed E-state index contributed by atoms with van der Waals surface area (Å²) >= 11 is 0. The van der Waals surface area contributed by atoms with Gasteiger partial charge in [0.25, 0.3) is 17.7 Å². The molecule has 11 heteroatoms. The highest BCUT2D eigenvalue weighted by molar-refractivity contribution is 6.09. The van der Waals surface area contributed by atoms with Gasteiger partial charge in [-0.3, -0.25) is 29.7 Å². The van der Waals surface area contributed by atoms with E-state index >= 15 is 0 Å². The number of fused-ring (bicyclic) bond motifs is 1. The van der Waals surface area contributed by atoms with Crippen LogP contribution in [-0.2, 0) is 11.4 Å². The Morgan fingerprint density at radius 1 is 1.07 bits per heavy atom. The summed E-state index contributed by atoms with van der Waals surface area (Å²) < 4.78 is 6.00. The lowest BCUT2D eigenvalue weighted by Crippen LogP contribution is -2.62. The molecule has 0 unspecified atom stereocenters. The maximum absolute atomic E-state index is 13.2. The molecule has 4 aromatic rings. The van der Waals surface area contributed by atoms with Gasteiger partial charge in [0, 0.05) is 41.1 Å². The Kier molecular flexibility index (Phi) is 6.54. The predicted molar refractivity (Wildman–Crippen MR) is 148 cm³/mol. The van der Waals surface area contributed by atoms with Crippen LogP contribution >= 0.6 is 0 Å². The van der Waals surface area contributed by atoms with Crippen molar-refractivity contribution in [3.63, 3.8) is 0 Å². The van der Waals surface area contributed by atoms with Gasteiger partial charge in [0.2, 0.25) is 0 Å². The average molecular weight is 551 g/mol. The first-order chi connectivity index (χ1) is 19.8. The van der Waals surface area contributed by atoms with E-state index < -0.39 is 29.4 Å². The highest BCUT2D eigenvalue weighted by Gasteiger charge is 2.58. The third-order valence-electron chi connectivity index (χ3n) is 7.35. The Labute approximate surface area is 234 Å². The quantitative estimate of drug-likeness (QED) is 0.313. The van der Waals surface area contributed by atoms with E-state index in [1.54, 1.807) is 42.6 Å². The molecule has 2 aromatic carbocycles. The molecule has 2 aliphatic heterocycles. The van der Waals surface area contributed by atoms with Crippen molar-refractivity contribution in [1.82, 2.24) is 30.8 Å². The van der Waals surface area contributed by atoms with Crippen molar-refractivity contribution in [2.45, 2.75) is 25.1 Å². The molecule has 0 radical (unpaired) electrons. The number of likely N-dealkylation sites (tertiary alicyclic amines) is 1. The van der Waals surface area contributed by atoms with E-state index in [-0.39, 0.29) is 19.0 Å². The van der Waals surface area contributed by atoms with Gasteiger partial charge in [-0.05, 0) is 55.5 Å². The summed E-state index contributed by atoms with van der Waals surface area (Å²) in [7, 11) is 0. The van der Waals surface area contributed by atoms with E-state index in [2.05, 4.69) is 25.9 Å². The van der Waals surface area contributed by atoms with Crippen LogP contribution in [0.1, 0.15) is 32.0 Å². The Morgan fingerprint density at radius 2 is 1.88 bits per heavy atom. The van der Waals surface area contributed by atoms with Crippen molar-refractivity contribution in [3.05, 3.63) is 102 Å². The molecular formula is C30H26N6O5. The lowest BCUT2D eigenvalue weighted by molar-refractivity contribution is -0.124. The van der Waals surface area contributed by atoms with Crippen LogP contribution in [0.25, 0.3) is 10.9 Å². The zero-order chi connectivity index (χ0) is 28.6. The Hall–Kier alpha value is -5.32. The smallest absolute Gasteiger partial charge is 0.322 e. The molecule has 2 atom stereocenters. The van der Waals surface area contributed by atoms with Gasteiger partial charge in [-0.15, -0.1) is 0 Å². The number of ether oxygens (including phenoxy) is 1. The van der Waals surface area contributed by atoms with Gasteiger partial charge >= 0.3 is 6.03 Å². The zero-order valence-electron chi connectivity index (χ0n) is 22.1. The van der Waals surface area contributed by atoms with Crippen LogP contribution in [0.2, 0.25) is 0 Å². The molecule has 206 valence electrons. The van der Waals surface area contributed by atoms with Crippen molar-refractivity contribution in [2.75, 3.05) is 13.1 Å². The molecule has 0 bridgehead atoms. The minimum atomic E-state index is -1.49. The van der Waals surface area contributed by atoms with E-state index in [0.717, 1.165) is 22.2 Å². The fraction of sp³-hybridized carbons (Fsp3) is 0.200. The van der Waals surface area contributed by atoms with Crippen LogP contribution in [0.4, 0.5) is 4.79 Å². The number of pyridine rings is 2. The topological polar surface area (TPSA) is 143 Å². The van der Waals surface area contributed by atoms with Gasteiger partial charge in [0.05, 0.1) is 23.7 Å². The standard InChI is InChI=1S/C30H26N6O5/c1-18-13-21(23-6-2-3-7-24(23)32-18)16-41-22-10-8-19(9-11-22)26(37)33-25-15-36(27(38)20-5-4-12-31-14-20)17-30(25)28(39)34-29(40)35-30/h2-14,25H,15-17H2,1H3,(H,33,37)(H2,34,35,39,40)/t25-,30-/m0/s1. The first kappa shape index (κ1) is 25.9. The number of urea groups is 1. The number of aromatic nitrogens is 2. The highest BCUT2D eigenvalue weighted by Crippen LogP contribution is 2.27. The number of carbonyl (C=O) groups excluding carboxylic acids is 4. The number of nitrogens with one attached hydrogen (secondary N) is 3. The van der Waals surface area contributed by atoms with Crippen LogP contribution in [0.3, 0.4) is 0 Å². The lowest BCUT2D eigenvalue weighted by Gasteiger charge is -2.27. The second-order valence-electron chi connectivity index (χ2n) is 10.1. The normalized spacial score (nSPS) is 19.7. The third kappa shape index (κ3) is 4.93. The molecule has 1 spiro atoms. The molecule has 5 amide bonds. The molecule has 2 fully saturated rings. The van der Waals surface area contributed by atoms with Crippen LogP contribution in [0.5, 0.6) is 5.75 Å². The molecule has 6 rings (SSSR count). The highest BCUT2D eigenvalue weighted by atomic mass is 16.5. The summed E-state index contributed by atoms with van der Waals surface area (Å²) in [6.45, 7) is 2.19. The second kappa shape index (κ2) is 10.3. The van der Waals surface area contributed by atoms with Gasteiger partial charge < -0.3 is 20.3 Å². The van der Waals surface area contributed by atoms with Gasteiger partial charge in [-0.2, -0.15) is 0 Å². The number of para-hydroxylation sites is 1. The Balaban J connectivity index is 1.16. The summed E-state index contributed by atoms with van der Waals surface area (Å²) in [6, 6.07) is 18.2. The first-order valence-corrected chi connectivity index (χ1v) is 13.0. The molecule has 0 saturated carbocycles. The monoisotopic (exact) mass is 550 g/mol. The molecule has 2 aliphatic rings. The van der Waals surface area contributed by atoms with E-state index in [0.29, 0.717) is 23.5 Å². The van der Waals surface area contributed by atoms with E-state index in [4.69, 9.17) is 4.74 Å². The fourth-order valence-electron chi connectivity index (χ4n) is 5.33. The lowest BCUT2D eigenvalue weighted by atomic mass is 9.93. The number of nitrogens with zero attached hydrogens (tertiary/aromatic N) is 3. The zero-order valence-corrected chi connectivity index (χ0v) is 22.1. The van der Waals surface area contributed by atoms with Crippen molar-refractivity contribution >= 4 is 34.7 Å². The van der Waals surface area contributed by atoms with Crippen LogP contribution in [0.15, 0.2) is 79.1 Å². The van der Waals surface area contributed by atoms with Crippen LogP contribution < -0.4 is 20.7 Å². The maximum atomic E-state index is 13.2. The van der Waals surface area contributed by atoms with E-state index in [1.807, 2.05) is 37.3 Å². The average Bonchev–Trinajstić information content (AvgIpc) is 3.49. The minimum absolute atomic E-state index is 0.0215. The van der Waals surface area contributed by atoms with E-state index in [9.17, 15) is 19.2 Å². The number of aryl methyl sites for hydroxylation is 1. The number of imide groups is 1. The molecule has 41 heavy (non-hydrogen) atoms. The maximum Gasteiger partial charge on any atom is 0.322 e. The molecule has 3 N–H and O–H groups in total. The number of hydrogen-bond donors (Lipinski definition) is 3. The summed E-state index contributed by atoms with van der Waals surface area (Å²) in [4.78, 5) is 61.2. The number of benzene rings is 2. The summed E-state index contributed by atoms with van der Waals surface area (Å²) in [5, 5.41) is 8.72. The number of carbonyl (C=O) groups is 4. The molecule has 0 aliphatic carbocycles. The third-order valence-corrected chi connectivity index (χ3v) is 7.35. The van der Waals surface area contributed by atoms with Crippen molar-refractivity contribution in [1.29, 1.82) is 0 Å². The molecule has 4 heterocycles. The molecular weight excluding hydrogens is 524 g/mol. The van der Waals surface area contributed by atoms with Crippen LogP contribution in [-0.4, -0.2) is 63.3 Å². The van der Waals surface area contributed by atoms with Crippen molar-refractivity contribution in [2.24, 2.45) is 0 Å². The molecule has 11 nitrogen and oxygen atoms in total. The van der Waals surface area contributed by atoms with E-state index in [1.165, 1.54) is 11.1 Å². The molecule has 2 saturated heterocycles. The van der Waals surface area contributed by atoms with Gasteiger partial charge in [-0.1, -0.05) is 18.2 Å². The number of hydrogen-bond acceptors (Lipinski definition) is 7. The summed E-state index contributed by atoms with van der Waals surface area (Å²) in [6.07, 6.45) is 2.98. The summed E-state index contributed by atoms with van der Waals surface area (Å²) in [5.41, 5.74) is 1.98. The van der Waals surface area contributed by atoms with Crippen molar-refractivity contribution in [3.8, 4) is 5.75 Å². The Bertz CT molecular complexity index is 1680. The predicted octanol–water partition coefficient (Wildman–Crippen LogP) is 2.35. The minimum Gasteiger partial charge on any atom is -0.489 e. The Morgan fingerprint density at radius 3 is 2.61 bits per heavy atom. The number of rotatable bonds is 6. The van der Waals surface area contributed by atoms with Crippen molar-refractivity contribution < 1.29 is 23.9 Å². The first-order valence-electron chi connectivity index (χ1n) is 13.0. The largest absolute Gasteiger partial charge is 0.489 e. The van der Waals surface area contributed by atoms with Gasteiger partial charge in [-0.25, -0.2) is 4.79 Å². The number of amides is 5. The second-order valence-corrected chi connectivity index (χ2v) is 10.1. The SMILES string of the molecule is Cc1cc(COc2ccc(C(=O)N[C@H]3CN(C(=O)c4cccnc4)C[C@]34NC(=O)NC4=O)cc2)c2ccccc2n1. The van der Waals surface area contributed by atoms with Gasteiger partial charge in [0.15, 0.2) is 5.54 Å². The fourth-order valence-corrected chi connectivity index (χ4v) is 5.33. The summed E-state index contributed by atoms with van der Waals surface area (Å²) in [5.74, 6) is -0.840.